The molecule has 1 unspecified atom stereocenters. The van der Waals surface area contributed by atoms with Crippen LogP contribution in [0.15, 0.2) is 30.7 Å². The van der Waals surface area contributed by atoms with Crippen molar-refractivity contribution in [1.29, 1.82) is 0 Å². The molecular formula is C19H27N3O3. The van der Waals surface area contributed by atoms with Crippen LogP contribution in [0.2, 0.25) is 0 Å². The highest BCUT2D eigenvalue weighted by Crippen LogP contribution is 2.29. The van der Waals surface area contributed by atoms with Gasteiger partial charge in [0.1, 0.15) is 5.60 Å². The van der Waals surface area contributed by atoms with Gasteiger partial charge >= 0.3 is 6.09 Å². The van der Waals surface area contributed by atoms with Crippen molar-refractivity contribution in [2.24, 2.45) is 5.92 Å². The smallest absolute Gasteiger partial charge is 0.410 e. The fraction of sp³-hybridized carbons (Fsp3) is 0.579. The van der Waals surface area contributed by atoms with Crippen molar-refractivity contribution >= 4 is 11.6 Å². The van der Waals surface area contributed by atoms with Crippen LogP contribution in [0.25, 0.3) is 5.52 Å². The molecule has 3 rings (SSSR count). The normalized spacial score (nSPS) is 17.7. The first-order valence-corrected chi connectivity index (χ1v) is 8.90. The van der Waals surface area contributed by atoms with E-state index in [9.17, 15) is 9.90 Å². The van der Waals surface area contributed by atoms with Crippen molar-refractivity contribution in [3.63, 3.8) is 0 Å². The summed E-state index contributed by atoms with van der Waals surface area (Å²) in [4.78, 5) is 18.0. The minimum absolute atomic E-state index is 0.241. The first-order chi connectivity index (χ1) is 11.8. The molecule has 3 heterocycles. The summed E-state index contributed by atoms with van der Waals surface area (Å²) in [7, 11) is 0. The molecule has 1 amide bonds. The lowest BCUT2D eigenvalue weighted by Crippen LogP contribution is -2.41. The van der Waals surface area contributed by atoms with Crippen LogP contribution in [0.1, 0.15) is 51.8 Å². The van der Waals surface area contributed by atoms with Gasteiger partial charge in [0.25, 0.3) is 0 Å². The molecule has 2 aromatic rings. The number of aromatic nitrogens is 2. The highest BCUT2D eigenvalue weighted by molar-refractivity contribution is 5.68. The number of aliphatic hydroxyl groups is 1. The van der Waals surface area contributed by atoms with Crippen LogP contribution in [0, 0.1) is 5.92 Å². The van der Waals surface area contributed by atoms with Crippen LogP contribution in [0.3, 0.4) is 0 Å². The van der Waals surface area contributed by atoms with Gasteiger partial charge in [-0.1, -0.05) is 6.07 Å². The number of nitrogens with zero attached hydrogens (tertiary/aromatic N) is 3. The Bertz CT molecular complexity index is 727. The summed E-state index contributed by atoms with van der Waals surface area (Å²) >= 11 is 0. The molecule has 6 heteroatoms. The molecular weight excluding hydrogens is 318 g/mol. The SMILES string of the molecule is CC(C)(C)OC(=O)N1CCC(CC(O)c2cccc3cncn23)CC1. The number of ether oxygens (including phenoxy) is 1. The highest BCUT2D eigenvalue weighted by Gasteiger charge is 2.28. The standard InChI is InChI=1S/C19H27N3O3/c1-19(2,3)25-18(24)21-9-7-14(8-10-21)11-17(23)16-6-4-5-15-12-20-13-22(15)16/h4-6,12-14,17,23H,7-11H2,1-3H3. The van der Waals surface area contributed by atoms with Gasteiger partial charge in [-0.25, -0.2) is 9.78 Å². The third kappa shape index (κ3) is 4.31. The molecule has 6 nitrogen and oxygen atoms in total. The van der Waals surface area contributed by atoms with E-state index in [-0.39, 0.29) is 6.09 Å². The topological polar surface area (TPSA) is 67.1 Å². The lowest BCUT2D eigenvalue weighted by Gasteiger charge is -2.34. The number of rotatable bonds is 3. The van der Waals surface area contributed by atoms with Gasteiger partial charge in [-0.05, 0) is 58.1 Å². The van der Waals surface area contributed by atoms with Crippen molar-refractivity contribution < 1.29 is 14.6 Å². The molecule has 25 heavy (non-hydrogen) atoms. The van der Waals surface area contributed by atoms with Gasteiger partial charge in [0, 0.05) is 13.1 Å². The fourth-order valence-electron chi connectivity index (χ4n) is 3.36. The van der Waals surface area contributed by atoms with Crippen molar-refractivity contribution in [3.05, 3.63) is 36.4 Å². The first kappa shape index (κ1) is 17.7. The van der Waals surface area contributed by atoms with Gasteiger partial charge in [0.15, 0.2) is 0 Å². The number of aliphatic hydroxyl groups excluding tert-OH is 1. The van der Waals surface area contributed by atoms with Crippen molar-refractivity contribution in [1.82, 2.24) is 14.3 Å². The van der Waals surface area contributed by atoms with E-state index in [4.69, 9.17) is 4.74 Å². The van der Waals surface area contributed by atoms with Gasteiger partial charge in [-0.2, -0.15) is 0 Å². The minimum atomic E-state index is -0.532. The van der Waals surface area contributed by atoms with Gasteiger partial charge in [0.05, 0.1) is 29.8 Å². The molecule has 1 saturated heterocycles. The molecule has 2 aromatic heterocycles. The largest absolute Gasteiger partial charge is 0.444 e. The summed E-state index contributed by atoms with van der Waals surface area (Å²) in [6, 6.07) is 5.86. The molecule has 1 N–H and O–H groups in total. The first-order valence-electron chi connectivity index (χ1n) is 8.90. The summed E-state index contributed by atoms with van der Waals surface area (Å²) in [5.74, 6) is 0.396. The number of pyridine rings is 1. The van der Waals surface area contributed by atoms with Gasteiger partial charge in [-0.15, -0.1) is 0 Å². The zero-order valence-corrected chi connectivity index (χ0v) is 15.2. The van der Waals surface area contributed by atoms with E-state index in [0.717, 1.165) is 24.1 Å². The van der Waals surface area contributed by atoms with Gasteiger partial charge < -0.3 is 19.1 Å². The Morgan fingerprint density at radius 2 is 2.08 bits per heavy atom. The second-order valence-electron chi connectivity index (χ2n) is 7.80. The average Bonchev–Trinajstić information content (AvgIpc) is 3.02. The second-order valence-corrected chi connectivity index (χ2v) is 7.80. The number of hydrogen-bond acceptors (Lipinski definition) is 4. The molecule has 0 saturated carbocycles. The zero-order chi connectivity index (χ0) is 18.0. The Balaban J connectivity index is 1.55. The summed E-state index contributed by atoms with van der Waals surface area (Å²) in [5.41, 5.74) is 1.38. The molecule has 0 aliphatic carbocycles. The summed E-state index contributed by atoms with van der Waals surface area (Å²) in [6.07, 6.45) is 5.21. The quantitative estimate of drug-likeness (QED) is 0.926. The van der Waals surface area contributed by atoms with Crippen LogP contribution < -0.4 is 0 Å². The molecule has 1 aliphatic rings. The van der Waals surface area contributed by atoms with Crippen molar-refractivity contribution in [2.45, 2.75) is 51.7 Å². The van der Waals surface area contributed by atoms with E-state index in [1.165, 1.54) is 0 Å². The molecule has 0 aromatic carbocycles. The molecule has 1 aliphatic heterocycles. The van der Waals surface area contributed by atoms with Crippen molar-refractivity contribution in [3.8, 4) is 0 Å². The van der Waals surface area contributed by atoms with E-state index >= 15 is 0 Å². The van der Waals surface area contributed by atoms with Crippen LogP contribution in [0.5, 0.6) is 0 Å². The molecule has 0 radical (unpaired) electrons. The maximum absolute atomic E-state index is 12.1. The van der Waals surface area contributed by atoms with E-state index in [1.807, 2.05) is 43.4 Å². The monoisotopic (exact) mass is 345 g/mol. The lowest BCUT2D eigenvalue weighted by atomic mass is 9.90. The van der Waals surface area contributed by atoms with Crippen molar-refractivity contribution in [2.75, 3.05) is 13.1 Å². The van der Waals surface area contributed by atoms with Gasteiger partial charge in [0.2, 0.25) is 0 Å². The minimum Gasteiger partial charge on any atom is -0.444 e. The Morgan fingerprint density at radius 1 is 1.36 bits per heavy atom. The summed E-state index contributed by atoms with van der Waals surface area (Å²) in [6.45, 7) is 7.00. The zero-order valence-electron chi connectivity index (χ0n) is 15.2. The molecule has 1 fully saturated rings. The number of imidazole rings is 1. The van der Waals surface area contributed by atoms with Crippen LogP contribution in [-0.4, -0.2) is 44.2 Å². The number of carbonyl (C=O) groups is 1. The average molecular weight is 345 g/mol. The maximum Gasteiger partial charge on any atom is 0.410 e. The van der Waals surface area contributed by atoms with E-state index < -0.39 is 11.7 Å². The van der Waals surface area contributed by atoms with E-state index in [2.05, 4.69) is 4.98 Å². The number of carbonyl (C=O) groups excluding carboxylic acids is 1. The Kier molecular flexibility index (Phi) is 4.99. The molecule has 0 spiro atoms. The Hall–Kier alpha value is -2.08. The van der Waals surface area contributed by atoms with Gasteiger partial charge in [-0.3, -0.25) is 0 Å². The second kappa shape index (κ2) is 7.04. The van der Waals surface area contributed by atoms with Crippen LogP contribution >= 0.6 is 0 Å². The van der Waals surface area contributed by atoms with Crippen LogP contribution in [-0.2, 0) is 4.74 Å². The number of amides is 1. The predicted octanol–water partition coefficient (Wildman–Crippen LogP) is 3.40. The Labute approximate surface area is 148 Å². The predicted molar refractivity (Wildman–Crippen MR) is 95.3 cm³/mol. The number of hydrogen-bond donors (Lipinski definition) is 1. The van der Waals surface area contributed by atoms with E-state index in [0.29, 0.717) is 25.4 Å². The third-order valence-electron chi connectivity index (χ3n) is 4.64. The van der Waals surface area contributed by atoms with Crippen LogP contribution in [0.4, 0.5) is 4.79 Å². The molecule has 0 bridgehead atoms. The number of likely N-dealkylation sites (tertiary alicyclic amines) is 1. The number of piperidine rings is 1. The molecule has 136 valence electrons. The summed E-state index contributed by atoms with van der Waals surface area (Å²) in [5, 5.41) is 10.7. The fourth-order valence-corrected chi connectivity index (χ4v) is 3.36. The Morgan fingerprint density at radius 3 is 2.76 bits per heavy atom. The lowest BCUT2D eigenvalue weighted by molar-refractivity contribution is 0.0160. The number of fused-ring (bicyclic) bond motifs is 1. The third-order valence-corrected chi connectivity index (χ3v) is 4.64. The highest BCUT2D eigenvalue weighted by atomic mass is 16.6. The van der Waals surface area contributed by atoms with E-state index in [1.54, 1.807) is 17.4 Å². The molecule has 1 atom stereocenters. The summed E-state index contributed by atoms with van der Waals surface area (Å²) < 4.78 is 7.36. The maximum atomic E-state index is 12.1.